The zero-order chi connectivity index (χ0) is 10.0. The number of hydrogen-bond acceptors (Lipinski definition) is 2. The number of aryl methyl sites for hydroxylation is 1. The third kappa shape index (κ3) is 2.11. The Balaban J connectivity index is 3.34. The van der Waals surface area contributed by atoms with Crippen LogP contribution in [0.25, 0.3) is 0 Å². The van der Waals surface area contributed by atoms with E-state index in [-0.39, 0.29) is 5.69 Å². The maximum Gasteiger partial charge on any atom is 0.278 e. The molecule has 0 heterocycles. The fourth-order valence-electron chi connectivity index (χ4n) is 1.11. The predicted octanol–water partition coefficient (Wildman–Crippen LogP) is 3.38. The van der Waals surface area contributed by atoms with E-state index < -0.39 is 9.76 Å². The topological polar surface area (TPSA) is 43.1 Å². The van der Waals surface area contributed by atoms with E-state index in [2.05, 4.69) is 0 Å². The lowest BCUT2D eigenvalue weighted by molar-refractivity contribution is -0.386. The van der Waals surface area contributed by atoms with Crippen molar-refractivity contribution in [1.82, 2.24) is 0 Å². The maximum atomic E-state index is 10.6. The zero-order valence-electron chi connectivity index (χ0n) is 6.83. The normalized spacial score (nSPS) is 10.5. The van der Waals surface area contributed by atoms with Crippen LogP contribution in [0.15, 0.2) is 18.2 Å². The van der Waals surface area contributed by atoms with Crippen LogP contribution >= 0.6 is 23.2 Å². The second-order valence-electron chi connectivity index (χ2n) is 2.57. The minimum Gasteiger partial charge on any atom is -0.258 e. The first-order valence-corrected chi connectivity index (χ1v) is 4.43. The molecule has 70 valence electrons. The molecule has 1 aromatic rings. The second kappa shape index (κ2) is 3.94. The van der Waals surface area contributed by atoms with E-state index >= 15 is 0 Å². The molecule has 0 aliphatic carbocycles. The molecule has 0 aliphatic rings. The van der Waals surface area contributed by atoms with Gasteiger partial charge in [-0.3, -0.25) is 10.1 Å². The summed E-state index contributed by atoms with van der Waals surface area (Å²) >= 11 is 11.2. The summed E-state index contributed by atoms with van der Waals surface area (Å²) in [5, 5.41) is 10.6. The zero-order valence-corrected chi connectivity index (χ0v) is 8.34. The van der Waals surface area contributed by atoms with E-state index in [1.807, 2.05) is 0 Å². The Bertz CT molecular complexity index is 339. The first kappa shape index (κ1) is 10.3. The highest BCUT2D eigenvalue weighted by Gasteiger charge is 2.20. The van der Waals surface area contributed by atoms with Gasteiger partial charge >= 0.3 is 0 Å². The fraction of sp³-hybridized carbons (Fsp3) is 0.250. The van der Waals surface area contributed by atoms with E-state index in [4.69, 9.17) is 23.2 Å². The molecule has 0 fully saturated rings. The van der Waals surface area contributed by atoms with E-state index in [1.165, 1.54) is 0 Å². The summed E-state index contributed by atoms with van der Waals surface area (Å²) in [6.07, 6.45) is 0. The summed E-state index contributed by atoms with van der Waals surface area (Å²) in [6, 6.07) is 4.89. The van der Waals surface area contributed by atoms with Crippen molar-refractivity contribution < 1.29 is 4.92 Å². The van der Waals surface area contributed by atoms with Crippen molar-refractivity contribution in [1.29, 1.82) is 0 Å². The Kier molecular flexibility index (Phi) is 3.12. The number of nitro groups is 1. The first-order valence-electron chi connectivity index (χ1n) is 3.56. The van der Waals surface area contributed by atoms with Crippen LogP contribution in [0, 0.1) is 17.0 Å². The van der Waals surface area contributed by atoms with Gasteiger partial charge in [-0.15, -0.1) is 0 Å². The van der Waals surface area contributed by atoms with Gasteiger partial charge in [-0.05, 0) is 13.0 Å². The number of para-hydroxylation sites is 1. The number of nitro benzene ring substituents is 1. The van der Waals surface area contributed by atoms with Gasteiger partial charge in [0.1, 0.15) is 4.84 Å². The Morgan fingerprint density at radius 3 is 2.46 bits per heavy atom. The van der Waals surface area contributed by atoms with Crippen LogP contribution in [0.3, 0.4) is 0 Å². The van der Waals surface area contributed by atoms with Gasteiger partial charge in [-0.2, -0.15) is 0 Å². The molecule has 0 N–H and O–H groups in total. The van der Waals surface area contributed by atoms with Crippen molar-refractivity contribution in [2.24, 2.45) is 0 Å². The van der Waals surface area contributed by atoms with Gasteiger partial charge in [0.15, 0.2) is 0 Å². The molecule has 0 amide bonds. The molecule has 0 aliphatic heterocycles. The molecule has 0 unspecified atom stereocenters. The molecular formula is C8H7Cl2NO2. The SMILES string of the molecule is Cc1cccc(C(Cl)Cl)c1[N+](=O)[O-]. The quantitative estimate of drug-likeness (QED) is 0.435. The van der Waals surface area contributed by atoms with Crippen LogP contribution in [0.5, 0.6) is 0 Å². The van der Waals surface area contributed by atoms with E-state index in [0.717, 1.165) is 0 Å². The Hall–Kier alpha value is -0.800. The molecule has 0 saturated heterocycles. The van der Waals surface area contributed by atoms with Gasteiger partial charge in [0.05, 0.1) is 10.5 Å². The molecule has 1 aromatic carbocycles. The first-order chi connectivity index (χ1) is 6.04. The van der Waals surface area contributed by atoms with Gasteiger partial charge in [0, 0.05) is 5.56 Å². The van der Waals surface area contributed by atoms with Crippen LogP contribution in [-0.2, 0) is 0 Å². The molecule has 0 aromatic heterocycles. The molecule has 0 spiro atoms. The van der Waals surface area contributed by atoms with Crippen molar-refractivity contribution >= 4 is 28.9 Å². The molecule has 3 nitrogen and oxygen atoms in total. The van der Waals surface area contributed by atoms with Crippen LogP contribution < -0.4 is 0 Å². The van der Waals surface area contributed by atoms with Crippen LogP contribution in [0.4, 0.5) is 5.69 Å². The summed E-state index contributed by atoms with van der Waals surface area (Å²) in [4.78, 5) is 9.30. The highest BCUT2D eigenvalue weighted by molar-refractivity contribution is 6.44. The lowest BCUT2D eigenvalue weighted by atomic mass is 10.1. The van der Waals surface area contributed by atoms with E-state index in [9.17, 15) is 10.1 Å². The Labute approximate surface area is 85.4 Å². The predicted molar refractivity (Wildman–Crippen MR) is 52.3 cm³/mol. The smallest absolute Gasteiger partial charge is 0.258 e. The molecule has 5 heteroatoms. The fourth-order valence-corrected chi connectivity index (χ4v) is 1.46. The lowest BCUT2D eigenvalue weighted by Gasteiger charge is -2.04. The average molecular weight is 220 g/mol. The highest BCUT2D eigenvalue weighted by atomic mass is 35.5. The summed E-state index contributed by atoms with van der Waals surface area (Å²) in [6.45, 7) is 1.65. The van der Waals surface area contributed by atoms with Crippen LogP contribution in [0.1, 0.15) is 16.0 Å². The third-order valence-electron chi connectivity index (χ3n) is 1.69. The van der Waals surface area contributed by atoms with Gasteiger partial charge in [-0.25, -0.2) is 0 Å². The molecule has 0 radical (unpaired) electrons. The van der Waals surface area contributed by atoms with E-state index in [1.54, 1.807) is 25.1 Å². The second-order valence-corrected chi connectivity index (χ2v) is 3.67. The molecule has 0 bridgehead atoms. The van der Waals surface area contributed by atoms with Gasteiger partial charge < -0.3 is 0 Å². The lowest BCUT2D eigenvalue weighted by Crippen LogP contribution is -1.97. The number of hydrogen-bond donors (Lipinski definition) is 0. The molecule has 0 saturated carbocycles. The van der Waals surface area contributed by atoms with Gasteiger partial charge in [0.2, 0.25) is 0 Å². The van der Waals surface area contributed by atoms with Gasteiger partial charge in [-0.1, -0.05) is 35.3 Å². The van der Waals surface area contributed by atoms with Crippen LogP contribution in [0.2, 0.25) is 0 Å². The third-order valence-corrected chi connectivity index (χ3v) is 2.16. The van der Waals surface area contributed by atoms with E-state index in [0.29, 0.717) is 11.1 Å². The van der Waals surface area contributed by atoms with Crippen LogP contribution in [-0.4, -0.2) is 4.92 Å². The molecule has 13 heavy (non-hydrogen) atoms. The summed E-state index contributed by atoms with van der Waals surface area (Å²) in [5.74, 6) is 0. The number of benzene rings is 1. The maximum absolute atomic E-state index is 10.6. The number of halogens is 2. The Morgan fingerprint density at radius 1 is 1.46 bits per heavy atom. The minimum absolute atomic E-state index is 0.00231. The standard InChI is InChI=1S/C8H7Cl2NO2/c1-5-3-2-4-6(8(9)10)7(5)11(12)13/h2-4,8H,1H3. The minimum atomic E-state index is -0.861. The number of nitrogens with zero attached hydrogens (tertiary/aromatic N) is 1. The highest BCUT2D eigenvalue weighted by Crippen LogP contribution is 2.34. The average Bonchev–Trinajstić information content (AvgIpc) is 2.02. The monoisotopic (exact) mass is 219 g/mol. The number of rotatable bonds is 2. The largest absolute Gasteiger partial charge is 0.278 e. The van der Waals surface area contributed by atoms with Crippen molar-refractivity contribution in [2.45, 2.75) is 11.8 Å². The molecular weight excluding hydrogens is 213 g/mol. The van der Waals surface area contributed by atoms with Crippen molar-refractivity contribution in [3.63, 3.8) is 0 Å². The number of alkyl halides is 2. The summed E-state index contributed by atoms with van der Waals surface area (Å²) in [7, 11) is 0. The molecule has 1 rings (SSSR count). The van der Waals surface area contributed by atoms with Crippen molar-refractivity contribution in [3.05, 3.63) is 39.4 Å². The van der Waals surface area contributed by atoms with Crippen molar-refractivity contribution in [2.75, 3.05) is 0 Å². The summed E-state index contributed by atoms with van der Waals surface area (Å²) < 4.78 is 0. The summed E-state index contributed by atoms with van der Waals surface area (Å²) in [5.41, 5.74) is 0.902. The molecule has 0 atom stereocenters. The Morgan fingerprint density at radius 2 is 2.08 bits per heavy atom. The van der Waals surface area contributed by atoms with Crippen molar-refractivity contribution in [3.8, 4) is 0 Å². The van der Waals surface area contributed by atoms with Gasteiger partial charge in [0.25, 0.3) is 5.69 Å².